The molecule has 0 aliphatic heterocycles. The second-order valence-corrected chi connectivity index (χ2v) is 8.80. The molecule has 21 heavy (non-hydrogen) atoms. The third-order valence-electron chi connectivity index (χ3n) is 3.32. The van der Waals surface area contributed by atoms with Gasteiger partial charge in [0.05, 0.1) is 4.90 Å². The summed E-state index contributed by atoms with van der Waals surface area (Å²) in [6.07, 6.45) is 0. The van der Waals surface area contributed by atoms with Crippen molar-refractivity contribution in [2.75, 3.05) is 12.8 Å². The summed E-state index contributed by atoms with van der Waals surface area (Å²) in [6, 6.07) is 5.22. The predicted octanol–water partition coefficient (Wildman–Crippen LogP) is 3.53. The van der Waals surface area contributed by atoms with Crippen LogP contribution in [0.3, 0.4) is 0 Å². The number of thiophene rings is 1. The summed E-state index contributed by atoms with van der Waals surface area (Å²) in [6.45, 7) is 4.11. The summed E-state index contributed by atoms with van der Waals surface area (Å²) in [4.78, 5) is 1.30. The van der Waals surface area contributed by atoms with E-state index >= 15 is 0 Å². The Labute approximate surface area is 137 Å². The van der Waals surface area contributed by atoms with Gasteiger partial charge in [-0.05, 0) is 64.5 Å². The van der Waals surface area contributed by atoms with Gasteiger partial charge in [-0.25, -0.2) is 8.42 Å². The van der Waals surface area contributed by atoms with Crippen molar-refractivity contribution < 1.29 is 8.42 Å². The first-order valence-electron chi connectivity index (χ1n) is 6.28. The highest BCUT2D eigenvalue weighted by atomic mass is 79.9. The second kappa shape index (κ2) is 6.08. The maximum Gasteiger partial charge on any atom is 0.243 e. The van der Waals surface area contributed by atoms with Gasteiger partial charge in [-0.1, -0.05) is 0 Å². The van der Waals surface area contributed by atoms with Gasteiger partial charge in [0, 0.05) is 28.6 Å². The molecule has 0 saturated heterocycles. The minimum Gasteiger partial charge on any atom is -0.398 e. The lowest BCUT2D eigenvalue weighted by atomic mass is 10.2. The lowest BCUT2D eigenvalue weighted by molar-refractivity contribution is 0.468. The molecule has 2 N–H and O–H groups in total. The van der Waals surface area contributed by atoms with Crippen molar-refractivity contribution >= 4 is 43.0 Å². The Balaban J connectivity index is 2.38. The van der Waals surface area contributed by atoms with Crippen molar-refractivity contribution in [3.05, 3.63) is 44.1 Å². The van der Waals surface area contributed by atoms with E-state index in [1.807, 2.05) is 18.4 Å². The summed E-state index contributed by atoms with van der Waals surface area (Å²) in [5.74, 6) is 0. The fraction of sp³-hybridized carbons (Fsp3) is 0.286. The van der Waals surface area contributed by atoms with E-state index in [0.29, 0.717) is 22.3 Å². The minimum absolute atomic E-state index is 0.250. The summed E-state index contributed by atoms with van der Waals surface area (Å²) in [5.41, 5.74) is 8.01. The number of sulfonamides is 1. The molecule has 0 bridgehead atoms. The van der Waals surface area contributed by atoms with Gasteiger partial charge in [0.15, 0.2) is 0 Å². The summed E-state index contributed by atoms with van der Waals surface area (Å²) in [5, 5.41) is 1.97. The van der Waals surface area contributed by atoms with E-state index in [-0.39, 0.29) is 4.90 Å². The SMILES string of the molecule is Cc1cc(Br)c(N)cc1S(=O)(=O)N(C)Cc1sccc1C. The first kappa shape index (κ1) is 16.5. The number of hydrogen-bond acceptors (Lipinski definition) is 4. The van der Waals surface area contributed by atoms with E-state index in [4.69, 9.17) is 5.73 Å². The van der Waals surface area contributed by atoms with E-state index in [9.17, 15) is 8.42 Å². The first-order valence-corrected chi connectivity index (χ1v) is 9.39. The number of nitrogens with two attached hydrogens (primary N) is 1. The lowest BCUT2D eigenvalue weighted by Gasteiger charge is -2.19. The van der Waals surface area contributed by atoms with E-state index < -0.39 is 10.0 Å². The molecular formula is C14H17BrN2O2S2. The van der Waals surface area contributed by atoms with Crippen LogP contribution in [0.5, 0.6) is 0 Å². The molecule has 1 aromatic carbocycles. The Bertz CT molecular complexity index is 769. The van der Waals surface area contributed by atoms with Crippen LogP contribution in [-0.2, 0) is 16.6 Å². The van der Waals surface area contributed by atoms with E-state index in [1.54, 1.807) is 31.4 Å². The van der Waals surface area contributed by atoms with Crippen molar-refractivity contribution in [1.29, 1.82) is 0 Å². The highest BCUT2D eigenvalue weighted by Gasteiger charge is 2.24. The molecule has 0 amide bonds. The molecule has 0 atom stereocenters. The highest BCUT2D eigenvalue weighted by Crippen LogP contribution is 2.29. The molecule has 1 aromatic heterocycles. The number of nitrogens with zero attached hydrogens (tertiary/aromatic N) is 1. The van der Waals surface area contributed by atoms with Crippen LogP contribution in [0, 0.1) is 13.8 Å². The lowest BCUT2D eigenvalue weighted by Crippen LogP contribution is -2.27. The van der Waals surface area contributed by atoms with Crippen molar-refractivity contribution in [3.8, 4) is 0 Å². The zero-order chi connectivity index (χ0) is 15.8. The molecule has 0 unspecified atom stereocenters. The molecule has 4 nitrogen and oxygen atoms in total. The maximum absolute atomic E-state index is 12.7. The van der Waals surface area contributed by atoms with Gasteiger partial charge >= 0.3 is 0 Å². The zero-order valence-electron chi connectivity index (χ0n) is 12.1. The van der Waals surface area contributed by atoms with Gasteiger partial charge in [0.1, 0.15) is 0 Å². The molecule has 0 aliphatic carbocycles. The Kier molecular flexibility index (Phi) is 4.77. The van der Waals surface area contributed by atoms with E-state index in [2.05, 4.69) is 15.9 Å². The van der Waals surface area contributed by atoms with Crippen molar-refractivity contribution in [1.82, 2.24) is 4.31 Å². The van der Waals surface area contributed by atoms with Gasteiger partial charge in [-0.2, -0.15) is 4.31 Å². The molecule has 0 spiro atoms. The molecule has 7 heteroatoms. The average molecular weight is 389 g/mol. The molecule has 0 radical (unpaired) electrons. The third kappa shape index (κ3) is 3.31. The zero-order valence-corrected chi connectivity index (χ0v) is 15.3. The highest BCUT2D eigenvalue weighted by molar-refractivity contribution is 9.10. The maximum atomic E-state index is 12.7. The Morgan fingerprint density at radius 2 is 1.95 bits per heavy atom. The smallest absolute Gasteiger partial charge is 0.243 e. The predicted molar refractivity (Wildman–Crippen MR) is 91.0 cm³/mol. The van der Waals surface area contributed by atoms with E-state index in [1.165, 1.54) is 10.4 Å². The van der Waals surface area contributed by atoms with Gasteiger partial charge in [-0.3, -0.25) is 0 Å². The van der Waals surface area contributed by atoms with Gasteiger partial charge < -0.3 is 5.73 Å². The number of aryl methyl sites for hydroxylation is 2. The first-order chi connectivity index (χ1) is 9.73. The Morgan fingerprint density at radius 1 is 1.29 bits per heavy atom. The summed E-state index contributed by atoms with van der Waals surface area (Å²) in [7, 11) is -1.97. The molecule has 114 valence electrons. The van der Waals surface area contributed by atoms with Crippen LogP contribution in [0.2, 0.25) is 0 Å². The topological polar surface area (TPSA) is 63.4 Å². The van der Waals surface area contributed by atoms with Crippen LogP contribution >= 0.6 is 27.3 Å². The normalized spacial score (nSPS) is 12.0. The number of halogens is 1. The summed E-state index contributed by atoms with van der Waals surface area (Å²) < 4.78 is 27.5. The third-order valence-corrected chi connectivity index (χ3v) is 6.96. The fourth-order valence-electron chi connectivity index (χ4n) is 1.97. The van der Waals surface area contributed by atoms with Crippen molar-refractivity contribution in [2.45, 2.75) is 25.3 Å². The number of anilines is 1. The molecule has 2 aromatic rings. The number of hydrogen-bond donors (Lipinski definition) is 1. The molecule has 0 saturated carbocycles. The number of benzene rings is 1. The Hall–Kier alpha value is -0.890. The molecule has 0 aliphatic rings. The van der Waals surface area contributed by atoms with Crippen LogP contribution in [0.1, 0.15) is 16.0 Å². The van der Waals surface area contributed by atoms with Gasteiger partial charge in [-0.15, -0.1) is 11.3 Å². The van der Waals surface area contributed by atoms with Crippen LogP contribution in [0.4, 0.5) is 5.69 Å². The minimum atomic E-state index is -3.56. The monoisotopic (exact) mass is 388 g/mol. The fourth-order valence-corrected chi connectivity index (χ4v) is 4.84. The standard InChI is InChI=1S/C14H17BrN2O2S2/c1-9-4-5-20-13(9)8-17(3)21(18,19)14-7-12(16)11(15)6-10(14)2/h4-7H,8,16H2,1-3H3. The molecule has 2 rings (SSSR count). The van der Waals surface area contributed by atoms with Crippen LogP contribution < -0.4 is 5.73 Å². The van der Waals surface area contributed by atoms with Crippen molar-refractivity contribution in [2.24, 2.45) is 0 Å². The van der Waals surface area contributed by atoms with Gasteiger partial charge in [0.25, 0.3) is 0 Å². The molecule has 1 heterocycles. The Morgan fingerprint density at radius 3 is 2.52 bits per heavy atom. The van der Waals surface area contributed by atoms with Crippen LogP contribution in [0.25, 0.3) is 0 Å². The largest absolute Gasteiger partial charge is 0.398 e. The average Bonchev–Trinajstić information content (AvgIpc) is 2.79. The molecular weight excluding hydrogens is 372 g/mol. The second-order valence-electron chi connectivity index (χ2n) is 4.93. The van der Waals surface area contributed by atoms with Gasteiger partial charge in [0.2, 0.25) is 10.0 Å². The number of nitrogen functional groups attached to an aromatic ring is 1. The quantitative estimate of drug-likeness (QED) is 0.814. The van der Waals surface area contributed by atoms with Crippen LogP contribution in [0.15, 0.2) is 32.9 Å². The number of rotatable bonds is 4. The molecule has 0 fully saturated rings. The van der Waals surface area contributed by atoms with E-state index in [0.717, 1.165) is 10.4 Å². The van der Waals surface area contributed by atoms with Crippen molar-refractivity contribution in [3.63, 3.8) is 0 Å². The van der Waals surface area contributed by atoms with Crippen LogP contribution in [-0.4, -0.2) is 19.8 Å². The summed E-state index contributed by atoms with van der Waals surface area (Å²) >= 11 is 4.87.